The molecule has 26 heavy (non-hydrogen) atoms. The van der Waals surface area contributed by atoms with E-state index in [1.54, 1.807) is 0 Å². The Labute approximate surface area is 153 Å². The first-order valence-electron chi connectivity index (χ1n) is 9.96. The van der Waals surface area contributed by atoms with Crippen molar-refractivity contribution in [3.8, 4) is 0 Å². The van der Waals surface area contributed by atoms with Crippen LogP contribution in [0.1, 0.15) is 52.9 Å². The number of ether oxygens (including phenoxy) is 2. The highest BCUT2D eigenvalue weighted by atomic mass is 16.6. The van der Waals surface area contributed by atoms with Gasteiger partial charge in [-0.2, -0.15) is 0 Å². The van der Waals surface area contributed by atoms with Gasteiger partial charge in [0, 0.05) is 5.57 Å². The van der Waals surface area contributed by atoms with Crippen LogP contribution in [0.2, 0.25) is 0 Å². The third-order valence-corrected chi connectivity index (χ3v) is 8.48. The Morgan fingerprint density at radius 3 is 2.19 bits per heavy atom. The summed E-state index contributed by atoms with van der Waals surface area (Å²) < 4.78 is 11.7. The molecule has 0 aromatic carbocycles. The molecular weight excluding hydrogens is 328 g/mol. The maximum absolute atomic E-state index is 13.0. The molecule has 4 heteroatoms. The molecule has 2 heterocycles. The fraction of sp³-hybridized carbons (Fsp3) is 0.636. The van der Waals surface area contributed by atoms with E-state index in [9.17, 15) is 9.59 Å². The Morgan fingerprint density at radius 1 is 0.962 bits per heavy atom. The molecule has 0 aromatic rings. The van der Waals surface area contributed by atoms with Crippen molar-refractivity contribution in [3.63, 3.8) is 0 Å². The summed E-state index contributed by atoms with van der Waals surface area (Å²) in [5, 5.41) is 0. The summed E-state index contributed by atoms with van der Waals surface area (Å²) in [5.74, 6) is 2.36. The number of allylic oxidation sites excluding steroid dienone is 1. The zero-order valence-corrected chi connectivity index (χ0v) is 15.6. The molecule has 0 amide bonds. The third kappa shape index (κ3) is 1.40. The van der Waals surface area contributed by atoms with Crippen molar-refractivity contribution in [2.75, 3.05) is 0 Å². The highest BCUT2D eigenvalue weighted by Gasteiger charge is 2.73. The highest BCUT2D eigenvalue weighted by Crippen LogP contribution is 2.73. The number of rotatable bonds is 0. The Balaban J connectivity index is 1.69. The fourth-order valence-corrected chi connectivity index (χ4v) is 8.12. The second-order valence-corrected chi connectivity index (χ2v) is 9.53. The van der Waals surface area contributed by atoms with Crippen molar-refractivity contribution in [1.82, 2.24) is 0 Å². The van der Waals surface area contributed by atoms with Crippen molar-refractivity contribution >= 4 is 11.9 Å². The largest absolute Gasteiger partial charge is 0.487 e. The molecule has 0 aromatic heterocycles. The Hall–Kier alpha value is -1.84. The molecule has 0 unspecified atom stereocenters. The quantitative estimate of drug-likeness (QED) is 0.491. The molecule has 0 radical (unpaired) electrons. The van der Waals surface area contributed by atoms with Gasteiger partial charge in [0.05, 0.1) is 22.3 Å². The van der Waals surface area contributed by atoms with E-state index in [0.717, 1.165) is 54.4 Å². The Bertz CT molecular complexity index is 858. The molecule has 4 saturated carbocycles. The van der Waals surface area contributed by atoms with Crippen LogP contribution in [0.25, 0.3) is 0 Å². The van der Waals surface area contributed by atoms with Gasteiger partial charge in [-0.25, -0.2) is 9.59 Å². The lowest BCUT2D eigenvalue weighted by molar-refractivity contribution is -0.182. The summed E-state index contributed by atoms with van der Waals surface area (Å²) in [7, 11) is 0. The van der Waals surface area contributed by atoms with E-state index in [1.807, 2.05) is 13.8 Å². The minimum atomic E-state index is -0.563. The topological polar surface area (TPSA) is 52.6 Å². The molecule has 5 aliphatic carbocycles. The molecule has 4 fully saturated rings. The summed E-state index contributed by atoms with van der Waals surface area (Å²) >= 11 is 0. The van der Waals surface area contributed by atoms with Crippen LogP contribution >= 0.6 is 0 Å². The smallest absolute Gasteiger partial charge is 0.346 e. The molecule has 1 atom stereocenters. The second kappa shape index (κ2) is 4.35. The van der Waals surface area contributed by atoms with E-state index < -0.39 is 23.0 Å². The summed E-state index contributed by atoms with van der Waals surface area (Å²) in [5.41, 5.74) is 2.18. The average Bonchev–Trinajstić information content (AvgIpc) is 3.03. The van der Waals surface area contributed by atoms with Crippen LogP contribution in [0.4, 0.5) is 0 Å². The van der Waals surface area contributed by atoms with Crippen LogP contribution in [0, 0.1) is 29.1 Å². The SMILES string of the molecule is CC1=CC2=C(C)C3=C(C(=O)OC3=O)C3(C4CC5CC(C4)CC3C5)[C@]2(C)O1. The lowest BCUT2D eigenvalue weighted by Crippen LogP contribution is -2.65. The van der Waals surface area contributed by atoms with Crippen molar-refractivity contribution in [3.05, 3.63) is 34.1 Å². The predicted molar refractivity (Wildman–Crippen MR) is 93.6 cm³/mol. The van der Waals surface area contributed by atoms with Crippen LogP contribution in [-0.2, 0) is 19.1 Å². The number of fused-ring (bicyclic) bond motifs is 1. The second-order valence-electron chi connectivity index (χ2n) is 9.53. The zero-order chi connectivity index (χ0) is 18.0. The lowest BCUT2D eigenvalue weighted by Gasteiger charge is -2.66. The standard InChI is InChI=1S/C22H24O4/c1-10-4-16-11(2)17-18(20(24)25-19(17)23)22(21(16,3)26-10)14-6-12-5-13(8-14)9-15(22)7-12/h4,12-15H,5-9H2,1-3H3/t12?,13?,14?,15?,21-,22?/m1/s1. The first kappa shape index (κ1) is 15.2. The van der Waals surface area contributed by atoms with Crippen LogP contribution in [-0.4, -0.2) is 17.5 Å². The van der Waals surface area contributed by atoms with Crippen molar-refractivity contribution < 1.29 is 19.1 Å². The number of hydrogen-bond donors (Lipinski definition) is 0. The van der Waals surface area contributed by atoms with Crippen molar-refractivity contribution in [1.29, 1.82) is 0 Å². The van der Waals surface area contributed by atoms with Gasteiger partial charge >= 0.3 is 11.9 Å². The van der Waals surface area contributed by atoms with Gasteiger partial charge in [0.2, 0.25) is 0 Å². The van der Waals surface area contributed by atoms with E-state index in [2.05, 4.69) is 13.0 Å². The number of carbonyl (C=O) groups is 2. The molecule has 0 N–H and O–H groups in total. The summed E-state index contributed by atoms with van der Waals surface area (Å²) in [6.45, 7) is 6.10. The molecule has 7 aliphatic rings. The van der Waals surface area contributed by atoms with E-state index in [4.69, 9.17) is 9.47 Å². The van der Waals surface area contributed by atoms with Gasteiger partial charge in [0.25, 0.3) is 0 Å². The molecule has 2 aliphatic heterocycles. The van der Waals surface area contributed by atoms with Gasteiger partial charge in [-0.1, -0.05) is 0 Å². The number of cyclic esters (lactones) is 2. The van der Waals surface area contributed by atoms with E-state index >= 15 is 0 Å². The molecular formula is C22H24O4. The van der Waals surface area contributed by atoms with Gasteiger partial charge in [-0.05, 0) is 88.2 Å². The highest BCUT2D eigenvalue weighted by molar-refractivity contribution is 6.16. The fourth-order valence-electron chi connectivity index (χ4n) is 8.12. The van der Waals surface area contributed by atoms with E-state index in [-0.39, 0.29) is 0 Å². The minimum Gasteiger partial charge on any atom is -0.487 e. The molecule has 4 bridgehead atoms. The van der Waals surface area contributed by atoms with Crippen LogP contribution in [0.3, 0.4) is 0 Å². The maximum Gasteiger partial charge on any atom is 0.346 e. The monoisotopic (exact) mass is 352 g/mol. The predicted octanol–water partition coefficient (Wildman–Crippen LogP) is 3.83. The number of esters is 2. The van der Waals surface area contributed by atoms with Crippen LogP contribution in [0.15, 0.2) is 34.1 Å². The van der Waals surface area contributed by atoms with Gasteiger partial charge in [-0.15, -0.1) is 0 Å². The number of hydrogen-bond acceptors (Lipinski definition) is 4. The lowest BCUT2D eigenvalue weighted by atomic mass is 9.37. The Kier molecular flexibility index (Phi) is 2.55. The third-order valence-electron chi connectivity index (χ3n) is 8.48. The molecule has 4 nitrogen and oxygen atoms in total. The zero-order valence-electron chi connectivity index (χ0n) is 15.6. The van der Waals surface area contributed by atoms with E-state index in [1.165, 1.54) is 6.42 Å². The van der Waals surface area contributed by atoms with Crippen LogP contribution < -0.4 is 0 Å². The molecule has 136 valence electrons. The molecule has 0 saturated heterocycles. The Morgan fingerprint density at radius 2 is 1.58 bits per heavy atom. The minimum absolute atomic E-state index is 0.398. The van der Waals surface area contributed by atoms with Gasteiger partial charge in [-0.3, -0.25) is 0 Å². The summed E-state index contributed by atoms with van der Waals surface area (Å²) in [6, 6.07) is 0. The van der Waals surface area contributed by atoms with Gasteiger partial charge in [0.1, 0.15) is 5.60 Å². The van der Waals surface area contributed by atoms with Gasteiger partial charge < -0.3 is 9.47 Å². The maximum atomic E-state index is 13.0. The average molecular weight is 352 g/mol. The van der Waals surface area contributed by atoms with Crippen molar-refractivity contribution in [2.45, 2.75) is 58.5 Å². The molecule has 7 rings (SSSR count). The van der Waals surface area contributed by atoms with E-state index in [0.29, 0.717) is 23.0 Å². The molecule has 1 spiro atoms. The van der Waals surface area contributed by atoms with Crippen LogP contribution in [0.5, 0.6) is 0 Å². The summed E-state index contributed by atoms with van der Waals surface area (Å²) in [4.78, 5) is 25.6. The first-order chi connectivity index (χ1) is 12.4. The normalized spacial score (nSPS) is 48.0. The van der Waals surface area contributed by atoms with Gasteiger partial charge in [0.15, 0.2) is 0 Å². The first-order valence-corrected chi connectivity index (χ1v) is 9.96. The summed E-state index contributed by atoms with van der Waals surface area (Å²) in [6.07, 6.45) is 8.02. The van der Waals surface area contributed by atoms with Crippen molar-refractivity contribution in [2.24, 2.45) is 29.1 Å². The number of carbonyl (C=O) groups excluding carboxylic acids is 2.